The van der Waals surface area contributed by atoms with E-state index in [1.807, 2.05) is 0 Å². The third kappa shape index (κ3) is 1.34. The van der Waals surface area contributed by atoms with Gasteiger partial charge in [-0.1, -0.05) is 6.08 Å². The van der Waals surface area contributed by atoms with E-state index in [4.69, 9.17) is 9.47 Å². The predicted octanol–water partition coefficient (Wildman–Crippen LogP) is 1.40. The number of halogens is 1. The van der Waals surface area contributed by atoms with Gasteiger partial charge in [-0.15, -0.1) is 0 Å². The van der Waals surface area contributed by atoms with Crippen molar-refractivity contribution in [2.45, 2.75) is 6.10 Å². The molecule has 60 valence electrons. The fourth-order valence-corrected chi connectivity index (χ4v) is 1.32. The lowest BCUT2D eigenvalue weighted by Crippen LogP contribution is -2.32. The molecule has 2 nitrogen and oxygen atoms in total. The molecule has 1 heterocycles. The molecule has 0 saturated carbocycles. The molecule has 0 aromatic rings. The smallest absolute Gasteiger partial charge is 0.147 e. The van der Waals surface area contributed by atoms with Crippen LogP contribution in [0.25, 0.3) is 0 Å². The molecule has 0 amide bonds. The topological polar surface area (TPSA) is 18.5 Å². The average molecular weight is 156 g/mol. The molecule has 1 saturated heterocycles. The molecule has 1 aliphatic heterocycles. The molecule has 2 atom stereocenters. The minimum atomic E-state index is -0.194. The van der Waals surface area contributed by atoms with Crippen LogP contribution in [0.1, 0.15) is 0 Å². The molecule has 2 rings (SSSR count). The second-order valence-corrected chi connectivity index (χ2v) is 2.69. The first-order valence-corrected chi connectivity index (χ1v) is 3.61. The predicted molar refractivity (Wildman–Crippen MR) is 37.5 cm³/mol. The monoisotopic (exact) mass is 156 g/mol. The molecule has 0 bridgehead atoms. The minimum absolute atomic E-state index is 0.0169. The highest BCUT2D eigenvalue weighted by atomic mass is 19.1. The maximum Gasteiger partial charge on any atom is 0.147 e. The Morgan fingerprint density at radius 3 is 3.36 bits per heavy atom. The van der Waals surface area contributed by atoms with Crippen molar-refractivity contribution < 1.29 is 13.9 Å². The summed E-state index contributed by atoms with van der Waals surface area (Å²) >= 11 is 0. The summed E-state index contributed by atoms with van der Waals surface area (Å²) in [4.78, 5) is 0. The summed E-state index contributed by atoms with van der Waals surface area (Å²) in [6.45, 7) is 0.878. The molecule has 1 fully saturated rings. The van der Waals surface area contributed by atoms with E-state index in [2.05, 4.69) is 0 Å². The minimum Gasteiger partial charge on any atom is -0.355 e. The van der Waals surface area contributed by atoms with Crippen molar-refractivity contribution in [3.63, 3.8) is 0 Å². The largest absolute Gasteiger partial charge is 0.355 e. The van der Waals surface area contributed by atoms with E-state index in [9.17, 15) is 4.39 Å². The highest BCUT2D eigenvalue weighted by Gasteiger charge is 2.25. The zero-order valence-corrected chi connectivity index (χ0v) is 6.00. The van der Waals surface area contributed by atoms with Crippen LogP contribution < -0.4 is 0 Å². The van der Waals surface area contributed by atoms with Crippen molar-refractivity contribution in [1.29, 1.82) is 0 Å². The fraction of sp³-hybridized carbons (Fsp3) is 0.500. The van der Waals surface area contributed by atoms with Crippen molar-refractivity contribution in [1.82, 2.24) is 0 Å². The second kappa shape index (κ2) is 2.75. The summed E-state index contributed by atoms with van der Waals surface area (Å²) in [6.07, 6.45) is 4.74. The van der Waals surface area contributed by atoms with Gasteiger partial charge in [-0.2, -0.15) is 0 Å². The Balaban J connectivity index is 2.13. The summed E-state index contributed by atoms with van der Waals surface area (Å²) in [7, 11) is 0. The number of hydrogen-bond donors (Lipinski definition) is 0. The molecule has 0 radical (unpaired) electrons. The molecule has 0 N–H and O–H groups in total. The van der Waals surface area contributed by atoms with E-state index in [1.165, 1.54) is 6.08 Å². The maximum absolute atomic E-state index is 12.6. The lowest BCUT2D eigenvalue weighted by molar-refractivity contribution is -0.144. The van der Waals surface area contributed by atoms with Crippen LogP contribution in [0, 0.1) is 5.92 Å². The van der Waals surface area contributed by atoms with Gasteiger partial charge < -0.3 is 9.47 Å². The molecule has 3 heteroatoms. The van der Waals surface area contributed by atoms with Crippen LogP contribution in [-0.2, 0) is 9.47 Å². The van der Waals surface area contributed by atoms with Gasteiger partial charge in [-0.05, 0) is 12.2 Å². The van der Waals surface area contributed by atoms with Crippen molar-refractivity contribution in [3.05, 3.63) is 24.1 Å². The maximum atomic E-state index is 12.6. The van der Waals surface area contributed by atoms with Gasteiger partial charge in [0.05, 0.1) is 12.7 Å². The number of hydrogen-bond acceptors (Lipinski definition) is 2. The molecule has 0 aromatic heterocycles. The van der Waals surface area contributed by atoms with E-state index in [-0.39, 0.29) is 17.8 Å². The molecule has 0 spiro atoms. The van der Waals surface area contributed by atoms with Gasteiger partial charge in [0.2, 0.25) is 0 Å². The third-order valence-corrected chi connectivity index (χ3v) is 1.89. The van der Waals surface area contributed by atoms with Crippen LogP contribution >= 0.6 is 0 Å². The molecular weight excluding hydrogens is 147 g/mol. The molecule has 2 aliphatic rings. The molecular formula is C8H9FO2. The van der Waals surface area contributed by atoms with Crippen LogP contribution in [0.5, 0.6) is 0 Å². The Morgan fingerprint density at radius 2 is 2.45 bits per heavy atom. The van der Waals surface area contributed by atoms with Crippen LogP contribution in [-0.4, -0.2) is 19.5 Å². The van der Waals surface area contributed by atoms with Crippen LogP contribution in [0.3, 0.4) is 0 Å². The summed E-state index contributed by atoms with van der Waals surface area (Å²) in [5.41, 5.74) is 0. The Kier molecular flexibility index (Phi) is 1.75. The average Bonchev–Trinajstić information content (AvgIpc) is 2.04. The van der Waals surface area contributed by atoms with Gasteiger partial charge in [0.25, 0.3) is 0 Å². The highest BCUT2D eigenvalue weighted by molar-refractivity contribution is 5.21. The van der Waals surface area contributed by atoms with E-state index < -0.39 is 0 Å². The van der Waals surface area contributed by atoms with Crippen molar-refractivity contribution in [3.8, 4) is 0 Å². The zero-order chi connectivity index (χ0) is 7.68. The number of ether oxygens (including phenoxy) is 2. The van der Waals surface area contributed by atoms with Gasteiger partial charge in [0.1, 0.15) is 12.6 Å². The molecule has 1 aliphatic carbocycles. The fourth-order valence-electron chi connectivity index (χ4n) is 1.32. The molecule has 11 heavy (non-hydrogen) atoms. The summed E-state index contributed by atoms with van der Waals surface area (Å²) in [5, 5.41) is 0. The third-order valence-electron chi connectivity index (χ3n) is 1.89. The standard InChI is InChI=1S/C8H9FO2/c9-7-1-2-8-6(3-7)4-10-5-11-8/h1-3,6,8H,4-5H2. The first-order valence-electron chi connectivity index (χ1n) is 3.61. The van der Waals surface area contributed by atoms with E-state index in [1.54, 1.807) is 12.2 Å². The zero-order valence-electron chi connectivity index (χ0n) is 6.00. The lowest BCUT2D eigenvalue weighted by atomic mass is 9.97. The Bertz CT molecular complexity index is 210. The Morgan fingerprint density at radius 1 is 1.55 bits per heavy atom. The summed E-state index contributed by atoms with van der Waals surface area (Å²) in [5.74, 6) is -0.130. The SMILES string of the molecule is FC1=CC2COCOC2C=C1. The van der Waals surface area contributed by atoms with Crippen LogP contribution in [0.4, 0.5) is 4.39 Å². The van der Waals surface area contributed by atoms with Crippen molar-refractivity contribution in [2.75, 3.05) is 13.4 Å². The van der Waals surface area contributed by atoms with Gasteiger partial charge in [0.15, 0.2) is 0 Å². The Hall–Kier alpha value is -0.670. The summed E-state index contributed by atoms with van der Waals surface area (Å²) in [6, 6.07) is 0. The van der Waals surface area contributed by atoms with Gasteiger partial charge >= 0.3 is 0 Å². The first-order chi connectivity index (χ1) is 5.36. The quantitative estimate of drug-likeness (QED) is 0.527. The van der Waals surface area contributed by atoms with Gasteiger partial charge in [-0.3, -0.25) is 0 Å². The lowest BCUT2D eigenvalue weighted by Gasteiger charge is -2.29. The van der Waals surface area contributed by atoms with E-state index in [0.717, 1.165) is 0 Å². The van der Waals surface area contributed by atoms with Crippen molar-refractivity contribution >= 4 is 0 Å². The van der Waals surface area contributed by atoms with Gasteiger partial charge in [0, 0.05) is 5.92 Å². The first kappa shape index (κ1) is 7.00. The molecule has 0 aromatic carbocycles. The van der Waals surface area contributed by atoms with Crippen LogP contribution in [0.2, 0.25) is 0 Å². The van der Waals surface area contributed by atoms with E-state index in [0.29, 0.717) is 13.4 Å². The van der Waals surface area contributed by atoms with Crippen LogP contribution in [0.15, 0.2) is 24.1 Å². The second-order valence-electron chi connectivity index (χ2n) is 2.69. The number of fused-ring (bicyclic) bond motifs is 1. The normalized spacial score (nSPS) is 36.3. The molecule has 2 unspecified atom stereocenters. The van der Waals surface area contributed by atoms with Crippen molar-refractivity contribution in [2.24, 2.45) is 5.92 Å². The van der Waals surface area contributed by atoms with E-state index >= 15 is 0 Å². The Labute approximate surface area is 64.3 Å². The van der Waals surface area contributed by atoms with Gasteiger partial charge in [-0.25, -0.2) is 4.39 Å². The number of allylic oxidation sites excluding steroid dienone is 2. The number of rotatable bonds is 0. The summed E-state index contributed by atoms with van der Waals surface area (Å²) < 4.78 is 22.8. The highest BCUT2D eigenvalue weighted by Crippen LogP contribution is 2.23.